The van der Waals surface area contributed by atoms with Gasteiger partial charge in [0.05, 0.1) is 19.4 Å². The Morgan fingerprint density at radius 3 is 2.59 bits per heavy atom. The van der Waals surface area contributed by atoms with Crippen molar-refractivity contribution in [1.82, 2.24) is 9.97 Å². The van der Waals surface area contributed by atoms with E-state index in [1.165, 1.54) is 19.4 Å². The van der Waals surface area contributed by atoms with Crippen molar-refractivity contribution in [3.05, 3.63) is 40.7 Å². The SMILES string of the molecule is COc1cnc(C(=O)Nc2c(F)c(F)nc(F)c2Cl)cc1OC1CCCC1. The van der Waals surface area contributed by atoms with Crippen LogP contribution in [0, 0.1) is 17.7 Å². The highest BCUT2D eigenvalue weighted by Crippen LogP contribution is 2.32. The summed E-state index contributed by atoms with van der Waals surface area (Å²) in [7, 11) is 1.43. The molecule has 1 N–H and O–H groups in total. The molecule has 1 saturated carbocycles. The highest BCUT2D eigenvalue weighted by Gasteiger charge is 2.24. The fourth-order valence-corrected chi connectivity index (χ4v) is 2.93. The lowest BCUT2D eigenvalue weighted by Crippen LogP contribution is -2.18. The molecule has 1 aliphatic rings. The van der Waals surface area contributed by atoms with Crippen LogP contribution in [0.4, 0.5) is 18.9 Å². The van der Waals surface area contributed by atoms with Gasteiger partial charge in [0.1, 0.15) is 16.4 Å². The molecule has 2 aromatic heterocycles. The number of carbonyl (C=O) groups excluding carboxylic acids is 1. The van der Waals surface area contributed by atoms with Crippen molar-refractivity contribution in [1.29, 1.82) is 0 Å². The summed E-state index contributed by atoms with van der Waals surface area (Å²) >= 11 is 5.57. The number of halogens is 4. The van der Waals surface area contributed by atoms with E-state index in [0.29, 0.717) is 11.5 Å². The van der Waals surface area contributed by atoms with Gasteiger partial charge < -0.3 is 14.8 Å². The number of hydrogen-bond acceptors (Lipinski definition) is 5. The summed E-state index contributed by atoms with van der Waals surface area (Å²) in [5.41, 5.74) is -1.03. The minimum Gasteiger partial charge on any atom is -0.491 e. The number of aromatic nitrogens is 2. The molecule has 2 aromatic rings. The molecule has 0 bridgehead atoms. The van der Waals surface area contributed by atoms with E-state index in [1.54, 1.807) is 0 Å². The fourth-order valence-electron chi connectivity index (χ4n) is 2.75. The number of rotatable bonds is 5. The largest absolute Gasteiger partial charge is 0.491 e. The number of ether oxygens (including phenoxy) is 2. The van der Waals surface area contributed by atoms with E-state index in [2.05, 4.69) is 9.97 Å². The van der Waals surface area contributed by atoms with Crippen molar-refractivity contribution < 1.29 is 27.4 Å². The van der Waals surface area contributed by atoms with Crippen molar-refractivity contribution in [2.24, 2.45) is 0 Å². The Kier molecular flexibility index (Phi) is 5.69. The highest BCUT2D eigenvalue weighted by atomic mass is 35.5. The first kappa shape index (κ1) is 19.2. The van der Waals surface area contributed by atoms with Gasteiger partial charge in [-0.2, -0.15) is 18.2 Å². The molecule has 1 fully saturated rings. The Balaban J connectivity index is 1.87. The van der Waals surface area contributed by atoms with Crippen molar-refractivity contribution in [3.8, 4) is 11.5 Å². The number of carbonyl (C=O) groups is 1. The highest BCUT2D eigenvalue weighted by molar-refractivity contribution is 6.33. The molecule has 0 saturated heterocycles. The molecular formula is C17H15ClF3N3O3. The van der Waals surface area contributed by atoms with Gasteiger partial charge in [-0.05, 0) is 25.7 Å². The normalized spacial score (nSPS) is 14.3. The third-order valence-electron chi connectivity index (χ3n) is 4.12. The quantitative estimate of drug-likeness (QED) is 0.762. The second-order valence-corrected chi connectivity index (χ2v) is 6.27. The molecule has 0 spiro atoms. The maximum atomic E-state index is 13.8. The number of anilines is 1. The number of hydrogen-bond donors (Lipinski definition) is 1. The Bertz CT molecular complexity index is 850. The lowest BCUT2D eigenvalue weighted by atomic mass is 10.2. The second-order valence-electron chi connectivity index (χ2n) is 5.90. The molecule has 1 amide bonds. The number of nitrogens with zero attached hydrogens (tertiary/aromatic N) is 2. The van der Waals surface area contributed by atoms with Crippen LogP contribution in [0.15, 0.2) is 12.3 Å². The van der Waals surface area contributed by atoms with E-state index in [1.807, 2.05) is 5.32 Å². The average molecular weight is 402 g/mol. The lowest BCUT2D eigenvalue weighted by Gasteiger charge is -2.16. The standard InChI is InChI=1S/C17H15ClF3N3O3/c1-26-11-7-22-9(6-10(11)27-8-4-2-3-5-8)17(25)23-14-12(18)15(20)24-16(21)13(14)19/h6-8H,2-5H2,1H3,(H,23,24,25). The van der Waals surface area contributed by atoms with Crippen molar-refractivity contribution >= 4 is 23.2 Å². The molecule has 144 valence electrons. The summed E-state index contributed by atoms with van der Waals surface area (Å²) in [6, 6.07) is 1.31. The zero-order valence-electron chi connectivity index (χ0n) is 14.2. The number of amides is 1. The van der Waals surface area contributed by atoms with Crippen LogP contribution < -0.4 is 14.8 Å². The first-order chi connectivity index (χ1) is 12.9. The third kappa shape index (κ3) is 4.08. The van der Waals surface area contributed by atoms with Crippen molar-refractivity contribution in [2.45, 2.75) is 31.8 Å². The first-order valence-corrected chi connectivity index (χ1v) is 8.50. The molecule has 27 heavy (non-hydrogen) atoms. The van der Waals surface area contributed by atoms with Gasteiger partial charge in [-0.25, -0.2) is 4.98 Å². The van der Waals surface area contributed by atoms with E-state index < -0.39 is 34.3 Å². The maximum Gasteiger partial charge on any atom is 0.274 e. The zero-order chi connectivity index (χ0) is 19.6. The topological polar surface area (TPSA) is 73.3 Å². The van der Waals surface area contributed by atoms with Crippen LogP contribution in [-0.4, -0.2) is 29.1 Å². The maximum absolute atomic E-state index is 13.8. The molecule has 2 heterocycles. The first-order valence-electron chi connectivity index (χ1n) is 8.12. The monoisotopic (exact) mass is 401 g/mol. The Hall–Kier alpha value is -2.55. The summed E-state index contributed by atoms with van der Waals surface area (Å²) in [6.45, 7) is 0. The molecule has 3 rings (SSSR count). The van der Waals surface area contributed by atoms with E-state index in [-0.39, 0.29) is 11.8 Å². The van der Waals surface area contributed by atoms with Crippen LogP contribution in [-0.2, 0) is 0 Å². The van der Waals surface area contributed by atoms with Crippen LogP contribution in [0.3, 0.4) is 0 Å². The molecule has 0 aliphatic heterocycles. The molecule has 6 nitrogen and oxygen atoms in total. The zero-order valence-corrected chi connectivity index (χ0v) is 14.9. The lowest BCUT2D eigenvalue weighted by molar-refractivity contribution is 0.102. The van der Waals surface area contributed by atoms with Crippen LogP contribution in [0.25, 0.3) is 0 Å². The number of nitrogens with one attached hydrogen (secondary N) is 1. The van der Waals surface area contributed by atoms with Crippen LogP contribution >= 0.6 is 11.6 Å². The van der Waals surface area contributed by atoms with Gasteiger partial charge in [0, 0.05) is 6.07 Å². The summed E-state index contributed by atoms with van der Waals surface area (Å²) in [5, 5.41) is 1.16. The van der Waals surface area contributed by atoms with Gasteiger partial charge in [-0.3, -0.25) is 4.79 Å². The van der Waals surface area contributed by atoms with Crippen molar-refractivity contribution in [3.63, 3.8) is 0 Å². The minimum absolute atomic E-state index is 0.00695. The van der Waals surface area contributed by atoms with E-state index in [9.17, 15) is 18.0 Å². The Labute approximate surface area is 157 Å². The third-order valence-corrected chi connectivity index (χ3v) is 4.46. The van der Waals surface area contributed by atoms with Gasteiger partial charge >= 0.3 is 0 Å². The molecule has 0 radical (unpaired) electrons. The smallest absolute Gasteiger partial charge is 0.274 e. The molecule has 0 atom stereocenters. The fraction of sp³-hybridized carbons (Fsp3) is 0.353. The van der Waals surface area contributed by atoms with Crippen LogP contribution in [0.1, 0.15) is 36.2 Å². The predicted octanol–water partition coefficient (Wildman–Crippen LogP) is 4.13. The summed E-state index contributed by atoms with van der Waals surface area (Å²) in [4.78, 5) is 18.9. The van der Waals surface area contributed by atoms with Crippen molar-refractivity contribution in [2.75, 3.05) is 12.4 Å². The average Bonchev–Trinajstić information content (AvgIpc) is 3.16. The summed E-state index contributed by atoms with van der Waals surface area (Å²) < 4.78 is 51.5. The van der Waals surface area contributed by atoms with E-state index in [4.69, 9.17) is 21.1 Å². The van der Waals surface area contributed by atoms with Crippen LogP contribution in [0.2, 0.25) is 5.02 Å². The predicted molar refractivity (Wildman–Crippen MR) is 90.7 cm³/mol. The summed E-state index contributed by atoms with van der Waals surface area (Å²) in [6.07, 6.45) is 5.11. The number of methoxy groups -OCH3 is 1. The van der Waals surface area contributed by atoms with E-state index >= 15 is 0 Å². The van der Waals surface area contributed by atoms with Gasteiger partial charge in [-0.15, -0.1) is 0 Å². The van der Waals surface area contributed by atoms with Gasteiger partial charge in [0.2, 0.25) is 11.8 Å². The molecule has 10 heteroatoms. The van der Waals surface area contributed by atoms with Gasteiger partial charge in [-0.1, -0.05) is 11.6 Å². The van der Waals surface area contributed by atoms with Gasteiger partial charge in [0.15, 0.2) is 11.5 Å². The molecule has 1 aliphatic carbocycles. The second kappa shape index (κ2) is 7.99. The van der Waals surface area contributed by atoms with E-state index in [0.717, 1.165) is 25.7 Å². The summed E-state index contributed by atoms with van der Waals surface area (Å²) in [5.74, 6) is -5.06. The molecular weight excluding hydrogens is 387 g/mol. The number of pyridine rings is 2. The Morgan fingerprint density at radius 1 is 1.22 bits per heavy atom. The Morgan fingerprint density at radius 2 is 1.93 bits per heavy atom. The molecule has 0 unspecified atom stereocenters. The minimum atomic E-state index is -1.72. The van der Waals surface area contributed by atoms with Crippen LogP contribution in [0.5, 0.6) is 11.5 Å². The van der Waals surface area contributed by atoms with Gasteiger partial charge in [0.25, 0.3) is 11.9 Å². The molecule has 0 aromatic carbocycles.